The van der Waals surface area contributed by atoms with Crippen molar-refractivity contribution in [3.63, 3.8) is 0 Å². The monoisotopic (exact) mass is 279 g/mol. The molecule has 0 aromatic rings. The van der Waals surface area contributed by atoms with Crippen molar-refractivity contribution in [1.29, 1.82) is 0 Å². The van der Waals surface area contributed by atoms with Gasteiger partial charge in [0.2, 0.25) is 5.91 Å². The van der Waals surface area contributed by atoms with Crippen molar-refractivity contribution < 1.29 is 18.0 Å². The lowest BCUT2D eigenvalue weighted by atomic mass is 10.0. The summed E-state index contributed by atoms with van der Waals surface area (Å²) >= 11 is 0. The lowest BCUT2D eigenvalue weighted by Crippen LogP contribution is -2.50. The molecule has 0 radical (unpaired) electrons. The van der Waals surface area contributed by atoms with Gasteiger partial charge in [-0.25, -0.2) is 0 Å². The minimum atomic E-state index is -4.14. The fourth-order valence-electron chi connectivity index (χ4n) is 2.70. The van der Waals surface area contributed by atoms with E-state index in [0.717, 1.165) is 19.4 Å². The van der Waals surface area contributed by atoms with Crippen molar-refractivity contribution in [1.82, 2.24) is 15.5 Å². The summed E-state index contributed by atoms with van der Waals surface area (Å²) in [4.78, 5) is 13.3. The van der Waals surface area contributed by atoms with Crippen LogP contribution in [0.2, 0.25) is 0 Å². The Balaban J connectivity index is 1.69. The number of piperidine rings is 1. The second kappa shape index (κ2) is 6.09. The summed E-state index contributed by atoms with van der Waals surface area (Å²) in [6, 6.07) is -0.104. The zero-order valence-electron chi connectivity index (χ0n) is 10.8. The van der Waals surface area contributed by atoms with Crippen LogP contribution in [0.5, 0.6) is 0 Å². The number of halogens is 3. The van der Waals surface area contributed by atoms with Gasteiger partial charge in [-0.15, -0.1) is 0 Å². The van der Waals surface area contributed by atoms with E-state index in [1.165, 1.54) is 4.90 Å². The quantitative estimate of drug-likeness (QED) is 0.806. The fourth-order valence-corrected chi connectivity index (χ4v) is 2.70. The van der Waals surface area contributed by atoms with Gasteiger partial charge in [-0.1, -0.05) is 0 Å². The maximum Gasteiger partial charge on any atom is 0.401 e. The lowest BCUT2D eigenvalue weighted by Gasteiger charge is -2.33. The van der Waals surface area contributed by atoms with E-state index in [-0.39, 0.29) is 18.0 Å². The van der Waals surface area contributed by atoms with Gasteiger partial charge in [-0.2, -0.15) is 13.2 Å². The first kappa shape index (κ1) is 14.6. The average molecular weight is 279 g/mol. The highest BCUT2D eigenvalue weighted by molar-refractivity contribution is 5.82. The van der Waals surface area contributed by atoms with Crippen LogP contribution in [0.25, 0.3) is 0 Å². The lowest BCUT2D eigenvalue weighted by molar-refractivity contribution is -0.148. The number of likely N-dealkylation sites (tertiary alicyclic amines) is 1. The molecule has 0 aromatic carbocycles. The molecule has 0 aliphatic carbocycles. The highest BCUT2D eigenvalue weighted by atomic mass is 19.4. The van der Waals surface area contributed by atoms with Gasteiger partial charge in [0.05, 0.1) is 12.6 Å². The van der Waals surface area contributed by atoms with Crippen LogP contribution in [0.3, 0.4) is 0 Å². The van der Waals surface area contributed by atoms with Gasteiger partial charge in [0.1, 0.15) is 0 Å². The third kappa shape index (κ3) is 4.65. The average Bonchev–Trinajstić information content (AvgIpc) is 2.83. The van der Waals surface area contributed by atoms with Crippen molar-refractivity contribution in [3.05, 3.63) is 0 Å². The molecule has 110 valence electrons. The van der Waals surface area contributed by atoms with Gasteiger partial charge in [0.25, 0.3) is 0 Å². The van der Waals surface area contributed by atoms with Crippen molar-refractivity contribution in [2.24, 2.45) is 0 Å². The standard InChI is InChI=1S/C12H20F3N3O/c13-12(14,15)8-18-6-3-9(4-7-18)17-11(19)10-2-1-5-16-10/h9-10,16H,1-8H2,(H,17,19). The molecule has 1 atom stereocenters. The Morgan fingerprint density at radius 3 is 2.47 bits per heavy atom. The normalized spacial score (nSPS) is 26.6. The molecule has 1 unspecified atom stereocenters. The molecule has 2 fully saturated rings. The summed E-state index contributed by atoms with van der Waals surface area (Å²) in [5, 5.41) is 6.05. The van der Waals surface area contributed by atoms with Crippen molar-refractivity contribution >= 4 is 5.91 Å². The Bertz CT molecular complexity index is 308. The number of nitrogens with one attached hydrogen (secondary N) is 2. The second-order valence-electron chi connectivity index (χ2n) is 5.32. The Morgan fingerprint density at radius 1 is 1.26 bits per heavy atom. The molecular formula is C12H20F3N3O. The minimum Gasteiger partial charge on any atom is -0.352 e. The molecule has 0 aromatic heterocycles. The summed E-state index contributed by atoms with van der Waals surface area (Å²) < 4.78 is 36.7. The zero-order valence-corrected chi connectivity index (χ0v) is 10.8. The molecule has 7 heteroatoms. The molecule has 1 amide bonds. The maximum absolute atomic E-state index is 12.2. The van der Waals surface area contributed by atoms with Crippen LogP contribution in [0.1, 0.15) is 25.7 Å². The predicted octanol–water partition coefficient (Wildman–Crippen LogP) is 0.881. The van der Waals surface area contributed by atoms with E-state index >= 15 is 0 Å². The third-order valence-electron chi connectivity index (χ3n) is 3.71. The molecule has 2 saturated heterocycles. The third-order valence-corrected chi connectivity index (χ3v) is 3.71. The van der Waals surface area contributed by atoms with Crippen LogP contribution < -0.4 is 10.6 Å². The Kier molecular flexibility index (Phi) is 4.67. The smallest absolute Gasteiger partial charge is 0.352 e. The summed E-state index contributed by atoms with van der Waals surface area (Å²) in [6.45, 7) is 0.797. The molecule has 2 aliphatic heterocycles. The summed E-state index contributed by atoms with van der Waals surface area (Å²) in [5.41, 5.74) is 0. The van der Waals surface area contributed by atoms with Crippen LogP contribution in [0.4, 0.5) is 13.2 Å². The summed E-state index contributed by atoms with van der Waals surface area (Å²) in [6.07, 6.45) is -1.10. The first-order valence-corrected chi connectivity index (χ1v) is 6.77. The van der Waals surface area contributed by atoms with Gasteiger partial charge in [-0.3, -0.25) is 9.69 Å². The highest BCUT2D eigenvalue weighted by Gasteiger charge is 2.33. The molecule has 0 bridgehead atoms. The number of rotatable bonds is 3. The first-order valence-electron chi connectivity index (χ1n) is 6.77. The number of amides is 1. The Hall–Kier alpha value is -0.820. The Labute approximate surface area is 110 Å². The number of alkyl halides is 3. The number of hydrogen-bond acceptors (Lipinski definition) is 3. The van der Waals surface area contributed by atoms with Gasteiger partial charge >= 0.3 is 6.18 Å². The Morgan fingerprint density at radius 2 is 1.95 bits per heavy atom. The van der Waals surface area contributed by atoms with Gasteiger partial charge < -0.3 is 10.6 Å². The topological polar surface area (TPSA) is 44.4 Å². The SMILES string of the molecule is O=C(NC1CCN(CC(F)(F)F)CC1)C1CCCN1. The molecule has 0 saturated carbocycles. The largest absolute Gasteiger partial charge is 0.401 e. The minimum absolute atomic E-state index is 0.00762. The fraction of sp³-hybridized carbons (Fsp3) is 0.917. The van der Waals surface area contributed by atoms with E-state index in [2.05, 4.69) is 10.6 Å². The molecule has 2 aliphatic rings. The number of nitrogens with zero attached hydrogens (tertiary/aromatic N) is 1. The summed E-state index contributed by atoms with van der Waals surface area (Å²) in [7, 11) is 0. The van der Waals surface area contributed by atoms with Crippen LogP contribution in [0.15, 0.2) is 0 Å². The van der Waals surface area contributed by atoms with Crippen molar-refractivity contribution in [2.45, 2.75) is 43.9 Å². The van der Waals surface area contributed by atoms with Crippen LogP contribution in [-0.4, -0.2) is 55.2 Å². The number of carbonyl (C=O) groups is 1. The molecule has 2 rings (SSSR count). The van der Waals surface area contributed by atoms with Gasteiger partial charge in [-0.05, 0) is 32.2 Å². The van der Waals surface area contributed by atoms with E-state index in [4.69, 9.17) is 0 Å². The van der Waals surface area contributed by atoms with Gasteiger partial charge in [0.15, 0.2) is 0 Å². The van der Waals surface area contributed by atoms with E-state index < -0.39 is 12.7 Å². The second-order valence-corrected chi connectivity index (χ2v) is 5.32. The molecule has 19 heavy (non-hydrogen) atoms. The van der Waals surface area contributed by atoms with E-state index in [9.17, 15) is 18.0 Å². The summed E-state index contributed by atoms with van der Waals surface area (Å²) in [5.74, 6) is -0.00762. The zero-order chi connectivity index (χ0) is 13.9. The first-order chi connectivity index (χ1) is 8.94. The predicted molar refractivity (Wildman–Crippen MR) is 64.7 cm³/mol. The molecular weight excluding hydrogens is 259 g/mol. The number of carbonyl (C=O) groups excluding carboxylic acids is 1. The van der Waals surface area contributed by atoms with Crippen LogP contribution in [-0.2, 0) is 4.79 Å². The van der Waals surface area contributed by atoms with E-state index in [1.807, 2.05) is 0 Å². The maximum atomic E-state index is 12.2. The van der Waals surface area contributed by atoms with Crippen molar-refractivity contribution in [3.8, 4) is 0 Å². The molecule has 4 nitrogen and oxygen atoms in total. The van der Waals surface area contributed by atoms with Crippen molar-refractivity contribution in [2.75, 3.05) is 26.2 Å². The van der Waals surface area contributed by atoms with E-state index in [1.54, 1.807) is 0 Å². The molecule has 2 N–H and O–H groups in total. The van der Waals surface area contributed by atoms with Gasteiger partial charge in [0, 0.05) is 19.1 Å². The molecule has 2 heterocycles. The van der Waals surface area contributed by atoms with E-state index in [0.29, 0.717) is 25.9 Å². The highest BCUT2D eigenvalue weighted by Crippen LogP contribution is 2.20. The molecule has 0 spiro atoms. The van der Waals surface area contributed by atoms with Crippen LogP contribution in [0, 0.1) is 0 Å². The number of hydrogen-bond donors (Lipinski definition) is 2. The van der Waals surface area contributed by atoms with Crippen LogP contribution >= 0.6 is 0 Å².